The number of likely N-dealkylation sites (N-methyl/N-ethyl adjacent to an activating group) is 1. The molecule has 1 atom stereocenters. The van der Waals surface area contributed by atoms with Gasteiger partial charge >= 0.3 is 6.09 Å². The topological polar surface area (TPSA) is 68.3 Å². The monoisotopic (exact) mass is 362 g/mol. The summed E-state index contributed by atoms with van der Waals surface area (Å²) in [6, 6.07) is 5.27. The molecule has 26 heavy (non-hydrogen) atoms. The Morgan fingerprint density at radius 1 is 1.23 bits per heavy atom. The number of likely N-dealkylation sites (tertiary alicyclic amines) is 1. The van der Waals surface area contributed by atoms with Crippen LogP contribution in [0.4, 0.5) is 4.79 Å². The van der Waals surface area contributed by atoms with Crippen LogP contribution in [-0.2, 0) is 4.74 Å². The van der Waals surface area contributed by atoms with E-state index < -0.39 is 5.60 Å². The van der Waals surface area contributed by atoms with Gasteiger partial charge in [0.15, 0.2) is 11.5 Å². The van der Waals surface area contributed by atoms with Crippen LogP contribution in [0.1, 0.15) is 37.6 Å². The summed E-state index contributed by atoms with van der Waals surface area (Å²) in [5.41, 5.74) is -0.0439. The standard InChI is InChI=1S/C19H26N2O5/c1-19(2,3)26-18(23)21-9-8-13(12-21)20(4)17(22)14-6-5-7-15-16(14)25-11-10-24-15/h5-7,13H,8-12H2,1-4H3. The number of benzene rings is 1. The highest BCUT2D eigenvalue weighted by atomic mass is 16.6. The van der Waals surface area contributed by atoms with Gasteiger partial charge in [0.05, 0.1) is 11.6 Å². The molecule has 0 bridgehead atoms. The van der Waals surface area contributed by atoms with E-state index in [-0.39, 0.29) is 18.0 Å². The molecule has 2 amide bonds. The van der Waals surface area contributed by atoms with Crippen LogP contribution in [-0.4, -0.2) is 66.8 Å². The number of para-hydroxylation sites is 1. The van der Waals surface area contributed by atoms with E-state index in [2.05, 4.69) is 0 Å². The first-order valence-corrected chi connectivity index (χ1v) is 8.90. The van der Waals surface area contributed by atoms with Crippen LogP contribution in [0.5, 0.6) is 11.5 Å². The number of carbonyl (C=O) groups excluding carboxylic acids is 2. The third-order valence-corrected chi connectivity index (χ3v) is 4.48. The first kappa shape index (κ1) is 18.4. The molecule has 7 nitrogen and oxygen atoms in total. The number of nitrogens with zero attached hydrogens (tertiary/aromatic N) is 2. The minimum absolute atomic E-state index is 0.0598. The van der Waals surface area contributed by atoms with Gasteiger partial charge in [-0.3, -0.25) is 4.79 Å². The molecule has 0 saturated carbocycles. The maximum Gasteiger partial charge on any atom is 0.410 e. The van der Waals surface area contributed by atoms with Crippen molar-refractivity contribution in [2.45, 2.75) is 38.8 Å². The van der Waals surface area contributed by atoms with Gasteiger partial charge in [0.25, 0.3) is 5.91 Å². The van der Waals surface area contributed by atoms with Crippen LogP contribution >= 0.6 is 0 Å². The molecule has 2 aliphatic rings. The summed E-state index contributed by atoms with van der Waals surface area (Å²) in [4.78, 5) is 28.5. The van der Waals surface area contributed by atoms with Crippen molar-refractivity contribution in [2.24, 2.45) is 0 Å². The fraction of sp³-hybridized carbons (Fsp3) is 0.579. The second-order valence-corrected chi connectivity index (χ2v) is 7.61. The Kier molecular flexibility index (Phi) is 4.98. The second kappa shape index (κ2) is 7.05. The zero-order valence-electron chi connectivity index (χ0n) is 15.8. The van der Waals surface area contributed by atoms with Crippen LogP contribution < -0.4 is 9.47 Å². The van der Waals surface area contributed by atoms with Crippen molar-refractivity contribution in [3.05, 3.63) is 23.8 Å². The Morgan fingerprint density at radius 2 is 1.96 bits per heavy atom. The average molecular weight is 362 g/mol. The van der Waals surface area contributed by atoms with E-state index in [0.717, 1.165) is 0 Å². The maximum atomic E-state index is 13.0. The Bertz CT molecular complexity index is 698. The molecule has 1 aromatic rings. The molecule has 1 saturated heterocycles. The van der Waals surface area contributed by atoms with E-state index >= 15 is 0 Å². The molecule has 0 spiro atoms. The second-order valence-electron chi connectivity index (χ2n) is 7.61. The third kappa shape index (κ3) is 3.86. The van der Waals surface area contributed by atoms with Crippen molar-refractivity contribution in [3.63, 3.8) is 0 Å². The summed E-state index contributed by atoms with van der Waals surface area (Å²) in [6.45, 7) is 7.47. The fourth-order valence-electron chi connectivity index (χ4n) is 3.15. The summed E-state index contributed by atoms with van der Waals surface area (Å²) in [5.74, 6) is 0.957. The number of rotatable bonds is 2. The molecule has 0 N–H and O–H groups in total. The van der Waals surface area contributed by atoms with Gasteiger partial charge in [0, 0.05) is 20.1 Å². The highest BCUT2D eigenvalue weighted by molar-refractivity contribution is 5.98. The minimum atomic E-state index is -0.530. The summed E-state index contributed by atoms with van der Waals surface area (Å²) >= 11 is 0. The molecule has 1 fully saturated rings. The van der Waals surface area contributed by atoms with Crippen LogP contribution in [0.2, 0.25) is 0 Å². The predicted molar refractivity (Wildman–Crippen MR) is 95.7 cm³/mol. The lowest BCUT2D eigenvalue weighted by atomic mass is 10.1. The van der Waals surface area contributed by atoms with Gasteiger partial charge < -0.3 is 24.0 Å². The van der Waals surface area contributed by atoms with Crippen LogP contribution in [0, 0.1) is 0 Å². The highest BCUT2D eigenvalue weighted by Gasteiger charge is 2.34. The van der Waals surface area contributed by atoms with Gasteiger partial charge in [0.1, 0.15) is 18.8 Å². The highest BCUT2D eigenvalue weighted by Crippen LogP contribution is 2.34. The number of hydrogen-bond acceptors (Lipinski definition) is 5. The third-order valence-electron chi connectivity index (χ3n) is 4.48. The molecule has 0 aromatic heterocycles. The zero-order valence-corrected chi connectivity index (χ0v) is 15.8. The Morgan fingerprint density at radius 3 is 2.69 bits per heavy atom. The normalized spacial score (nSPS) is 19.2. The maximum absolute atomic E-state index is 13.0. The summed E-state index contributed by atoms with van der Waals surface area (Å²) in [5, 5.41) is 0. The zero-order chi connectivity index (χ0) is 18.9. The molecule has 142 valence electrons. The van der Waals surface area contributed by atoms with Crippen molar-refractivity contribution in [3.8, 4) is 11.5 Å². The SMILES string of the molecule is CN(C(=O)c1cccc2c1OCCO2)C1CCN(C(=O)OC(C)(C)C)C1. The summed E-state index contributed by atoms with van der Waals surface area (Å²) in [6.07, 6.45) is 0.378. The number of ether oxygens (including phenoxy) is 3. The van der Waals surface area contributed by atoms with Crippen LogP contribution in [0.15, 0.2) is 18.2 Å². The van der Waals surface area contributed by atoms with Crippen molar-refractivity contribution in [1.29, 1.82) is 0 Å². The molecule has 2 heterocycles. The van der Waals surface area contributed by atoms with Gasteiger partial charge in [0.2, 0.25) is 0 Å². The lowest BCUT2D eigenvalue weighted by Gasteiger charge is -2.28. The van der Waals surface area contributed by atoms with E-state index in [1.54, 1.807) is 35.0 Å². The molecule has 1 unspecified atom stereocenters. The molecule has 2 aliphatic heterocycles. The smallest absolute Gasteiger partial charge is 0.410 e. The van der Waals surface area contributed by atoms with Crippen molar-refractivity contribution < 1.29 is 23.8 Å². The Hall–Kier alpha value is -2.44. The van der Waals surface area contributed by atoms with Crippen molar-refractivity contribution in [1.82, 2.24) is 9.80 Å². The molecular weight excluding hydrogens is 336 g/mol. The predicted octanol–water partition coefficient (Wildman–Crippen LogP) is 2.54. The number of amides is 2. The fourth-order valence-corrected chi connectivity index (χ4v) is 3.15. The first-order valence-electron chi connectivity index (χ1n) is 8.90. The van der Waals surface area contributed by atoms with Crippen LogP contribution in [0.3, 0.4) is 0 Å². The molecule has 3 rings (SSSR count). The Balaban J connectivity index is 1.68. The van der Waals surface area contributed by atoms with Crippen molar-refractivity contribution in [2.75, 3.05) is 33.4 Å². The number of hydrogen-bond donors (Lipinski definition) is 0. The summed E-state index contributed by atoms with van der Waals surface area (Å²) < 4.78 is 16.6. The molecule has 7 heteroatoms. The summed E-state index contributed by atoms with van der Waals surface area (Å²) in [7, 11) is 1.76. The number of fused-ring (bicyclic) bond motifs is 1. The quantitative estimate of drug-likeness (QED) is 0.809. The largest absolute Gasteiger partial charge is 0.486 e. The molecule has 0 aliphatic carbocycles. The van der Waals surface area contributed by atoms with Gasteiger partial charge in [-0.15, -0.1) is 0 Å². The van der Waals surface area contributed by atoms with Crippen LogP contribution in [0.25, 0.3) is 0 Å². The van der Waals surface area contributed by atoms with Gasteiger partial charge in [-0.05, 0) is 39.3 Å². The van der Waals surface area contributed by atoms with Gasteiger partial charge in [-0.25, -0.2) is 4.79 Å². The Labute approximate surface area is 153 Å². The van der Waals surface area contributed by atoms with Crippen molar-refractivity contribution >= 4 is 12.0 Å². The average Bonchev–Trinajstić information content (AvgIpc) is 3.09. The van der Waals surface area contributed by atoms with E-state index in [9.17, 15) is 9.59 Å². The van der Waals surface area contributed by atoms with Gasteiger partial charge in [-0.1, -0.05) is 6.07 Å². The minimum Gasteiger partial charge on any atom is -0.486 e. The van der Waals surface area contributed by atoms with E-state index in [1.165, 1.54) is 0 Å². The molecule has 0 radical (unpaired) electrons. The van der Waals surface area contributed by atoms with E-state index in [0.29, 0.717) is 49.8 Å². The first-order chi connectivity index (χ1) is 12.3. The lowest BCUT2D eigenvalue weighted by molar-refractivity contribution is 0.0279. The van der Waals surface area contributed by atoms with E-state index in [4.69, 9.17) is 14.2 Å². The van der Waals surface area contributed by atoms with E-state index in [1.807, 2.05) is 20.8 Å². The molecule has 1 aromatic carbocycles. The number of carbonyl (C=O) groups is 2. The lowest BCUT2D eigenvalue weighted by Crippen LogP contribution is -2.41. The molecular formula is C19H26N2O5. The van der Waals surface area contributed by atoms with Gasteiger partial charge in [-0.2, -0.15) is 0 Å².